The molecule has 0 N–H and O–H groups in total. The van der Waals surface area contributed by atoms with Gasteiger partial charge in [0.05, 0.1) is 12.7 Å². The largest absolute Gasteiger partial charge is 0.373 e. The first-order chi connectivity index (χ1) is 14.5. The van der Waals surface area contributed by atoms with Crippen molar-refractivity contribution in [2.24, 2.45) is 11.8 Å². The number of benzene rings is 2. The van der Waals surface area contributed by atoms with Crippen LogP contribution in [-0.4, -0.2) is 32.2 Å². The third-order valence-electron chi connectivity index (χ3n) is 5.43. The molecule has 0 aliphatic heterocycles. The molecule has 2 rings (SSSR count). The Kier molecular flexibility index (Phi) is 11.1. The molecule has 2 aromatic rings. The van der Waals surface area contributed by atoms with Crippen LogP contribution in [0.3, 0.4) is 0 Å². The highest BCUT2D eigenvalue weighted by Gasteiger charge is 2.27. The number of aryl methyl sites for hydroxylation is 1. The minimum atomic E-state index is -0.349. The molecule has 0 aromatic heterocycles. The van der Waals surface area contributed by atoms with E-state index in [-0.39, 0.29) is 18.2 Å². The van der Waals surface area contributed by atoms with Crippen molar-refractivity contribution in [2.75, 3.05) is 19.8 Å². The molecule has 0 spiro atoms. The van der Waals surface area contributed by atoms with Crippen LogP contribution in [0.25, 0.3) is 0 Å². The highest BCUT2D eigenvalue weighted by molar-refractivity contribution is 5.17. The zero-order valence-corrected chi connectivity index (χ0v) is 18.9. The number of hydrogen-bond donors (Lipinski definition) is 0. The number of rotatable bonds is 14. The van der Waals surface area contributed by atoms with Crippen molar-refractivity contribution in [3.8, 4) is 0 Å². The predicted octanol–water partition coefficient (Wildman–Crippen LogP) is 6.06. The van der Waals surface area contributed by atoms with Crippen LogP contribution in [0.2, 0.25) is 0 Å². The second-order valence-corrected chi connectivity index (χ2v) is 7.97. The van der Waals surface area contributed by atoms with Gasteiger partial charge >= 0.3 is 0 Å². The van der Waals surface area contributed by atoms with Crippen LogP contribution in [0.15, 0.2) is 54.6 Å². The Morgan fingerprint density at radius 3 is 2.00 bits per heavy atom. The SMILES string of the molecule is CCOC(CO[C@H](CCc1ccccc1)[C@@H](Cc1ccc(F)cc1)C(C)C)OCC. The molecule has 0 amide bonds. The van der Waals surface area contributed by atoms with E-state index in [1.807, 2.05) is 32.0 Å². The Morgan fingerprint density at radius 1 is 0.800 bits per heavy atom. The Labute approximate surface area is 181 Å². The molecule has 2 atom stereocenters. The van der Waals surface area contributed by atoms with Crippen molar-refractivity contribution in [3.05, 3.63) is 71.5 Å². The lowest BCUT2D eigenvalue weighted by atomic mass is 9.82. The second kappa shape index (κ2) is 13.5. The minimum absolute atomic E-state index is 0.0543. The van der Waals surface area contributed by atoms with Gasteiger partial charge in [0.25, 0.3) is 0 Å². The first-order valence-electron chi connectivity index (χ1n) is 11.2. The van der Waals surface area contributed by atoms with E-state index in [0.717, 1.165) is 24.8 Å². The van der Waals surface area contributed by atoms with Crippen molar-refractivity contribution in [1.29, 1.82) is 0 Å². The molecular formula is C26H37FO3. The normalized spacial score (nSPS) is 13.7. The fraction of sp³-hybridized carbons (Fsp3) is 0.538. The molecule has 0 bridgehead atoms. The molecule has 3 nitrogen and oxygen atoms in total. The molecule has 0 saturated carbocycles. The third-order valence-corrected chi connectivity index (χ3v) is 5.43. The van der Waals surface area contributed by atoms with Gasteiger partial charge in [0.1, 0.15) is 5.82 Å². The zero-order valence-electron chi connectivity index (χ0n) is 18.9. The molecule has 0 fully saturated rings. The highest BCUT2D eigenvalue weighted by Crippen LogP contribution is 2.27. The average Bonchev–Trinajstić information content (AvgIpc) is 2.74. The fourth-order valence-electron chi connectivity index (χ4n) is 3.78. The lowest BCUT2D eigenvalue weighted by molar-refractivity contribution is -0.182. The summed E-state index contributed by atoms with van der Waals surface area (Å²) in [6, 6.07) is 17.3. The van der Waals surface area contributed by atoms with Crippen molar-refractivity contribution in [3.63, 3.8) is 0 Å². The average molecular weight is 417 g/mol. The summed E-state index contributed by atoms with van der Waals surface area (Å²) in [6.45, 7) is 9.98. The van der Waals surface area contributed by atoms with Crippen LogP contribution in [-0.2, 0) is 27.1 Å². The van der Waals surface area contributed by atoms with Gasteiger partial charge in [-0.1, -0.05) is 56.3 Å². The Hall–Kier alpha value is -1.75. The maximum absolute atomic E-state index is 13.4. The molecule has 0 saturated heterocycles. The molecule has 0 aliphatic carbocycles. The maximum Gasteiger partial charge on any atom is 0.180 e. The third kappa shape index (κ3) is 8.55. The predicted molar refractivity (Wildman–Crippen MR) is 120 cm³/mol. The maximum atomic E-state index is 13.4. The van der Waals surface area contributed by atoms with Crippen LogP contribution in [0.5, 0.6) is 0 Å². The monoisotopic (exact) mass is 416 g/mol. The van der Waals surface area contributed by atoms with Crippen molar-refractivity contribution < 1.29 is 18.6 Å². The zero-order chi connectivity index (χ0) is 21.8. The topological polar surface area (TPSA) is 27.7 Å². The lowest BCUT2D eigenvalue weighted by Gasteiger charge is -2.32. The van der Waals surface area contributed by atoms with Crippen molar-refractivity contribution >= 4 is 0 Å². The quantitative estimate of drug-likeness (QED) is 0.351. The number of ether oxygens (including phenoxy) is 3. The standard InChI is InChI=1S/C26H37FO3/c1-5-28-26(29-6-2)19-30-25(17-14-21-10-8-7-9-11-21)24(20(3)4)18-22-12-15-23(27)16-13-22/h7-13,15-16,20,24-26H,5-6,14,17-19H2,1-4H3/t24-,25+/m0/s1. The van der Waals surface area contributed by atoms with E-state index in [4.69, 9.17) is 14.2 Å². The molecule has 0 radical (unpaired) electrons. The summed E-state index contributed by atoms with van der Waals surface area (Å²) in [6.07, 6.45) is 2.42. The summed E-state index contributed by atoms with van der Waals surface area (Å²) < 4.78 is 31.1. The minimum Gasteiger partial charge on any atom is -0.373 e. The van der Waals surface area contributed by atoms with Crippen LogP contribution in [0.1, 0.15) is 45.2 Å². The summed E-state index contributed by atoms with van der Waals surface area (Å²) in [5.74, 6) is 0.532. The lowest BCUT2D eigenvalue weighted by Crippen LogP contribution is -2.34. The smallest absolute Gasteiger partial charge is 0.180 e. The Bertz CT molecular complexity index is 681. The van der Waals surface area contributed by atoms with Crippen molar-refractivity contribution in [2.45, 2.75) is 59.4 Å². The molecule has 0 unspecified atom stereocenters. The van der Waals surface area contributed by atoms with Crippen LogP contribution in [0.4, 0.5) is 4.39 Å². The molecular weight excluding hydrogens is 379 g/mol. The van der Waals surface area contributed by atoms with Gasteiger partial charge in [-0.15, -0.1) is 0 Å². The van der Waals surface area contributed by atoms with E-state index in [1.165, 1.54) is 17.7 Å². The summed E-state index contributed by atoms with van der Waals surface area (Å²) in [4.78, 5) is 0. The summed E-state index contributed by atoms with van der Waals surface area (Å²) in [7, 11) is 0. The second-order valence-electron chi connectivity index (χ2n) is 7.97. The number of halogens is 1. The Balaban J connectivity index is 2.13. The summed E-state index contributed by atoms with van der Waals surface area (Å²) >= 11 is 0. The van der Waals surface area contributed by atoms with E-state index in [1.54, 1.807) is 0 Å². The van der Waals surface area contributed by atoms with E-state index >= 15 is 0 Å². The van der Waals surface area contributed by atoms with E-state index in [0.29, 0.717) is 31.7 Å². The molecule has 2 aromatic carbocycles. The summed E-state index contributed by atoms with van der Waals surface area (Å²) in [5, 5.41) is 0. The van der Waals surface area contributed by atoms with Gasteiger partial charge in [-0.2, -0.15) is 0 Å². The van der Waals surface area contributed by atoms with E-state index in [9.17, 15) is 4.39 Å². The Morgan fingerprint density at radius 2 is 1.43 bits per heavy atom. The van der Waals surface area contributed by atoms with Crippen LogP contribution >= 0.6 is 0 Å². The highest BCUT2D eigenvalue weighted by atomic mass is 19.1. The van der Waals surface area contributed by atoms with E-state index < -0.39 is 0 Å². The molecule has 0 aliphatic rings. The van der Waals surface area contributed by atoms with Gasteiger partial charge in [-0.05, 0) is 68.2 Å². The first-order valence-corrected chi connectivity index (χ1v) is 11.2. The van der Waals surface area contributed by atoms with Crippen LogP contribution in [0, 0.1) is 17.7 Å². The molecule has 4 heteroatoms. The van der Waals surface area contributed by atoms with Gasteiger partial charge in [0, 0.05) is 13.2 Å². The van der Waals surface area contributed by atoms with Gasteiger partial charge in [-0.25, -0.2) is 4.39 Å². The van der Waals surface area contributed by atoms with Crippen LogP contribution < -0.4 is 0 Å². The van der Waals surface area contributed by atoms with Gasteiger partial charge < -0.3 is 14.2 Å². The number of hydrogen-bond acceptors (Lipinski definition) is 3. The van der Waals surface area contributed by atoms with Gasteiger partial charge in [0.2, 0.25) is 0 Å². The summed E-state index contributed by atoms with van der Waals surface area (Å²) in [5.41, 5.74) is 2.44. The molecule has 166 valence electrons. The fourth-order valence-corrected chi connectivity index (χ4v) is 3.78. The molecule has 30 heavy (non-hydrogen) atoms. The molecule has 0 heterocycles. The van der Waals surface area contributed by atoms with E-state index in [2.05, 4.69) is 38.1 Å². The first kappa shape index (κ1) is 24.5. The van der Waals surface area contributed by atoms with Crippen molar-refractivity contribution in [1.82, 2.24) is 0 Å². The van der Waals surface area contributed by atoms with Gasteiger partial charge in [-0.3, -0.25) is 0 Å². The van der Waals surface area contributed by atoms with Gasteiger partial charge in [0.15, 0.2) is 6.29 Å².